The second kappa shape index (κ2) is 8.16. The summed E-state index contributed by atoms with van der Waals surface area (Å²) in [6.45, 7) is 11.3. The molecule has 0 unspecified atom stereocenters. The number of nitrogens with two attached hydrogens (primary N) is 1. The van der Waals surface area contributed by atoms with Gasteiger partial charge >= 0.3 is 6.09 Å². The second-order valence-corrected chi connectivity index (χ2v) is 8.84. The van der Waals surface area contributed by atoms with Crippen LogP contribution in [0.1, 0.15) is 56.6 Å². The molecule has 164 valence electrons. The molecule has 1 saturated heterocycles. The van der Waals surface area contributed by atoms with Gasteiger partial charge in [-0.25, -0.2) is 9.18 Å². The summed E-state index contributed by atoms with van der Waals surface area (Å²) in [7, 11) is 0. The summed E-state index contributed by atoms with van der Waals surface area (Å²) in [6, 6.07) is 3.36. The van der Waals surface area contributed by atoms with E-state index in [1.54, 1.807) is 4.90 Å². The first-order valence-corrected chi connectivity index (χ1v) is 10.4. The number of amides is 2. The molecule has 1 aromatic carbocycles. The first kappa shape index (κ1) is 21.9. The highest BCUT2D eigenvalue weighted by molar-refractivity contribution is 6.09. The zero-order chi connectivity index (χ0) is 22.2. The average Bonchev–Trinajstić information content (AvgIpc) is 3.01. The van der Waals surface area contributed by atoms with Crippen molar-refractivity contribution in [2.24, 2.45) is 5.73 Å². The number of aromatic nitrogens is 1. The first-order valence-electron chi connectivity index (χ1n) is 10.4. The van der Waals surface area contributed by atoms with E-state index in [-0.39, 0.29) is 17.7 Å². The lowest BCUT2D eigenvalue weighted by molar-refractivity contribution is 0.0149. The third kappa shape index (κ3) is 4.37. The molecule has 2 heterocycles. The van der Waals surface area contributed by atoms with Crippen molar-refractivity contribution in [2.45, 2.75) is 59.1 Å². The van der Waals surface area contributed by atoms with Gasteiger partial charge in [0, 0.05) is 42.4 Å². The molecule has 1 fully saturated rings. The Kier molecular flexibility index (Phi) is 5.97. The first-order chi connectivity index (χ1) is 14.0. The van der Waals surface area contributed by atoms with Crippen molar-refractivity contribution in [2.75, 3.05) is 24.5 Å². The lowest BCUT2D eigenvalue weighted by Gasteiger charge is -2.39. The maximum atomic E-state index is 14.7. The minimum absolute atomic E-state index is 0.0688. The zero-order valence-electron chi connectivity index (χ0n) is 18.3. The van der Waals surface area contributed by atoms with Crippen molar-refractivity contribution in [3.8, 4) is 0 Å². The number of nitrogens with one attached hydrogen (secondary N) is 1. The lowest BCUT2D eigenvalue weighted by atomic mass is 10.0. The van der Waals surface area contributed by atoms with Gasteiger partial charge in [-0.15, -0.1) is 0 Å². The summed E-state index contributed by atoms with van der Waals surface area (Å²) in [5, 5.41) is 0.778. The molecule has 30 heavy (non-hydrogen) atoms. The van der Waals surface area contributed by atoms with Crippen LogP contribution in [0.2, 0.25) is 0 Å². The van der Waals surface area contributed by atoms with Gasteiger partial charge in [0.15, 0.2) is 0 Å². The third-order valence-electron chi connectivity index (χ3n) is 5.44. The number of ether oxygens (including phenoxy) is 1. The Morgan fingerprint density at radius 2 is 1.93 bits per heavy atom. The van der Waals surface area contributed by atoms with Gasteiger partial charge in [0.05, 0.1) is 11.1 Å². The van der Waals surface area contributed by atoms with Crippen LogP contribution in [0.5, 0.6) is 0 Å². The van der Waals surface area contributed by atoms with Crippen LogP contribution in [0.25, 0.3) is 10.9 Å². The molecule has 0 saturated carbocycles. The standard InChI is InChI=1S/C22H31FN4O3/c1-6-27(21(29)30-22(3,4)5)14-7-9-26(10-8-14)17-12-16(23)18(20(24)28)19-15(17)11-13(2)25-19/h11-12,14,25H,6-10H2,1-5H3,(H2,24,28). The van der Waals surface area contributed by atoms with Crippen molar-refractivity contribution in [1.82, 2.24) is 9.88 Å². The maximum Gasteiger partial charge on any atom is 0.410 e. The van der Waals surface area contributed by atoms with E-state index in [0.29, 0.717) is 25.2 Å². The number of fused-ring (bicyclic) bond motifs is 1. The van der Waals surface area contributed by atoms with Gasteiger partial charge in [0.1, 0.15) is 11.4 Å². The van der Waals surface area contributed by atoms with E-state index in [4.69, 9.17) is 10.5 Å². The summed E-state index contributed by atoms with van der Waals surface area (Å²) >= 11 is 0. The molecule has 7 nitrogen and oxygen atoms in total. The number of rotatable bonds is 4. The Hall–Kier alpha value is -2.77. The van der Waals surface area contributed by atoms with Crippen molar-refractivity contribution >= 4 is 28.6 Å². The molecular weight excluding hydrogens is 387 g/mol. The third-order valence-corrected chi connectivity index (χ3v) is 5.44. The normalized spacial score (nSPS) is 15.5. The molecule has 3 N–H and O–H groups in total. The monoisotopic (exact) mass is 418 g/mol. The Labute approximate surface area is 176 Å². The highest BCUT2D eigenvalue weighted by Gasteiger charge is 2.31. The predicted molar refractivity (Wildman–Crippen MR) is 115 cm³/mol. The number of primary amides is 1. The molecule has 1 aliphatic rings. The molecule has 0 atom stereocenters. The molecule has 0 spiro atoms. The van der Waals surface area contributed by atoms with E-state index < -0.39 is 17.3 Å². The largest absolute Gasteiger partial charge is 0.444 e. The number of hydrogen-bond donors (Lipinski definition) is 2. The quantitative estimate of drug-likeness (QED) is 0.787. The van der Waals surface area contributed by atoms with E-state index in [9.17, 15) is 14.0 Å². The number of aromatic amines is 1. The fraction of sp³-hybridized carbons (Fsp3) is 0.545. The number of anilines is 1. The highest BCUT2D eigenvalue weighted by Crippen LogP contribution is 2.34. The molecule has 1 aliphatic heterocycles. The lowest BCUT2D eigenvalue weighted by Crippen LogP contribution is -2.48. The van der Waals surface area contributed by atoms with Gasteiger partial charge < -0.3 is 25.3 Å². The maximum absolute atomic E-state index is 14.7. The highest BCUT2D eigenvalue weighted by atomic mass is 19.1. The van der Waals surface area contributed by atoms with Crippen LogP contribution in [-0.2, 0) is 4.74 Å². The van der Waals surface area contributed by atoms with Crippen LogP contribution in [0.4, 0.5) is 14.9 Å². The molecule has 0 bridgehead atoms. The SMILES string of the molecule is CCN(C(=O)OC(C)(C)C)C1CCN(c2cc(F)c(C(N)=O)c3[nH]c(C)cc23)CC1. The smallest absolute Gasteiger partial charge is 0.410 e. The summed E-state index contributed by atoms with van der Waals surface area (Å²) < 4.78 is 20.2. The predicted octanol–water partition coefficient (Wildman–Crippen LogP) is 3.94. The van der Waals surface area contributed by atoms with Crippen LogP contribution in [0.3, 0.4) is 0 Å². The summed E-state index contributed by atoms with van der Waals surface area (Å²) in [5.41, 5.74) is 6.74. The van der Waals surface area contributed by atoms with E-state index in [2.05, 4.69) is 9.88 Å². The Morgan fingerprint density at radius 1 is 1.30 bits per heavy atom. The molecule has 1 aromatic heterocycles. The average molecular weight is 419 g/mol. The van der Waals surface area contributed by atoms with Crippen LogP contribution in [0.15, 0.2) is 12.1 Å². The Morgan fingerprint density at radius 3 is 2.47 bits per heavy atom. The van der Waals surface area contributed by atoms with Crippen LogP contribution in [-0.4, -0.2) is 53.2 Å². The van der Waals surface area contributed by atoms with Crippen molar-refractivity contribution in [1.29, 1.82) is 0 Å². The minimum Gasteiger partial charge on any atom is -0.444 e. The molecule has 2 amide bonds. The van der Waals surface area contributed by atoms with E-state index >= 15 is 0 Å². The second-order valence-electron chi connectivity index (χ2n) is 8.84. The van der Waals surface area contributed by atoms with Gasteiger partial charge in [-0.1, -0.05) is 0 Å². The fourth-order valence-corrected chi connectivity index (χ4v) is 4.16. The fourth-order valence-electron chi connectivity index (χ4n) is 4.16. The number of piperidine rings is 1. The number of nitrogens with zero attached hydrogens (tertiary/aromatic N) is 2. The Bertz CT molecular complexity index is 955. The van der Waals surface area contributed by atoms with Gasteiger partial charge in [-0.3, -0.25) is 4.79 Å². The minimum atomic E-state index is -0.791. The van der Waals surface area contributed by atoms with Gasteiger partial charge in [0.2, 0.25) is 0 Å². The number of aryl methyl sites for hydroxylation is 1. The van der Waals surface area contributed by atoms with Gasteiger partial charge in [-0.05, 0) is 59.6 Å². The number of benzene rings is 1. The van der Waals surface area contributed by atoms with Crippen molar-refractivity contribution in [3.05, 3.63) is 29.2 Å². The van der Waals surface area contributed by atoms with Crippen LogP contribution < -0.4 is 10.6 Å². The number of H-pyrrole nitrogens is 1. The van der Waals surface area contributed by atoms with Crippen LogP contribution >= 0.6 is 0 Å². The number of hydrogen-bond acceptors (Lipinski definition) is 4. The van der Waals surface area contributed by atoms with Crippen molar-refractivity contribution in [3.63, 3.8) is 0 Å². The number of halogens is 1. The van der Waals surface area contributed by atoms with Gasteiger partial charge in [0.25, 0.3) is 5.91 Å². The van der Waals surface area contributed by atoms with Crippen LogP contribution in [0, 0.1) is 12.7 Å². The van der Waals surface area contributed by atoms with E-state index in [1.165, 1.54) is 6.07 Å². The molecule has 8 heteroatoms. The Balaban J connectivity index is 1.81. The van der Waals surface area contributed by atoms with E-state index in [0.717, 1.165) is 29.6 Å². The summed E-state index contributed by atoms with van der Waals surface area (Å²) in [5.74, 6) is -1.42. The zero-order valence-corrected chi connectivity index (χ0v) is 18.3. The molecule has 0 radical (unpaired) electrons. The number of carbonyl (C=O) groups excluding carboxylic acids is 2. The topological polar surface area (TPSA) is 91.7 Å². The summed E-state index contributed by atoms with van der Waals surface area (Å²) in [6.07, 6.45) is 1.19. The number of carbonyl (C=O) groups is 2. The van der Waals surface area contributed by atoms with Gasteiger partial charge in [-0.2, -0.15) is 0 Å². The van der Waals surface area contributed by atoms with Crippen molar-refractivity contribution < 1.29 is 18.7 Å². The molecular formula is C22H31FN4O3. The molecule has 3 rings (SSSR count). The van der Waals surface area contributed by atoms with E-state index in [1.807, 2.05) is 40.7 Å². The molecule has 0 aliphatic carbocycles. The summed E-state index contributed by atoms with van der Waals surface area (Å²) in [4.78, 5) is 31.2. The molecule has 2 aromatic rings.